The lowest BCUT2D eigenvalue weighted by molar-refractivity contribution is 1.36. The second-order valence-corrected chi connectivity index (χ2v) is 6.62. The van der Waals surface area contributed by atoms with Gasteiger partial charge in [0.1, 0.15) is 0 Å². The third-order valence-electron chi connectivity index (χ3n) is 3.65. The summed E-state index contributed by atoms with van der Waals surface area (Å²) in [4.78, 5) is 11.9. The van der Waals surface area contributed by atoms with Gasteiger partial charge in [0.25, 0.3) is 0 Å². The highest BCUT2D eigenvalue weighted by molar-refractivity contribution is 8.08. The van der Waals surface area contributed by atoms with Crippen LogP contribution in [0.2, 0.25) is 0 Å². The van der Waals surface area contributed by atoms with Gasteiger partial charge in [-0.25, -0.2) is 0 Å². The molecule has 0 unspecified atom stereocenters. The van der Waals surface area contributed by atoms with Crippen LogP contribution in [0.3, 0.4) is 0 Å². The van der Waals surface area contributed by atoms with E-state index in [1.54, 1.807) is 11.8 Å². The monoisotopic (exact) mass is 332 g/mol. The van der Waals surface area contributed by atoms with Crippen molar-refractivity contribution in [3.63, 3.8) is 0 Å². The van der Waals surface area contributed by atoms with Crippen LogP contribution in [-0.4, -0.2) is 11.4 Å². The van der Waals surface area contributed by atoms with Crippen LogP contribution in [0.25, 0.3) is 0 Å². The van der Waals surface area contributed by atoms with Crippen molar-refractivity contribution in [3.8, 4) is 0 Å². The largest absolute Gasteiger partial charge is 0.253 e. The standard InChI is InChI=1S/C21H20N2S/c1-16(22-18-10-5-3-6-11-18)20-14-9-15-21(24-20)17(2)23-19-12-7-4-8-13-19/h3-8,10-15H,9H2,1-2H3/b22-16+,23-17+. The second kappa shape index (κ2) is 7.93. The van der Waals surface area contributed by atoms with E-state index in [4.69, 9.17) is 9.98 Å². The Morgan fingerprint density at radius 2 is 1.12 bits per heavy atom. The normalized spacial score (nSPS) is 15.8. The average Bonchev–Trinajstić information content (AvgIpc) is 2.63. The van der Waals surface area contributed by atoms with Crippen LogP contribution in [0.5, 0.6) is 0 Å². The van der Waals surface area contributed by atoms with Crippen LogP contribution >= 0.6 is 11.8 Å². The third kappa shape index (κ3) is 4.33. The fourth-order valence-corrected chi connectivity index (χ4v) is 3.40. The summed E-state index contributed by atoms with van der Waals surface area (Å²) in [6.07, 6.45) is 5.37. The van der Waals surface area contributed by atoms with Crippen LogP contribution in [-0.2, 0) is 0 Å². The molecule has 0 spiro atoms. The number of thioether (sulfide) groups is 1. The summed E-state index contributed by atoms with van der Waals surface area (Å²) < 4.78 is 0. The molecule has 0 aliphatic carbocycles. The van der Waals surface area contributed by atoms with E-state index in [0.717, 1.165) is 29.2 Å². The Morgan fingerprint density at radius 1 is 0.708 bits per heavy atom. The van der Waals surface area contributed by atoms with E-state index in [2.05, 4.69) is 26.0 Å². The van der Waals surface area contributed by atoms with Gasteiger partial charge in [-0.05, 0) is 44.5 Å². The first kappa shape index (κ1) is 16.5. The Morgan fingerprint density at radius 3 is 1.54 bits per heavy atom. The van der Waals surface area contributed by atoms with Crippen molar-refractivity contribution in [2.45, 2.75) is 20.3 Å². The van der Waals surface area contributed by atoms with Crippen molar-refractivity contribution in [1.29, 1.82) is 0 Å². The first-order valence-corrected chi connectivity index (χ1v) is 8.83. The molecule has 1 heterocycles. The van der Waals surface area contributed by atoms with Gasteiger partial charge in [-0.3, -0.25) is 9.98 Å². The van der Waals surface area contributed by atoms with E-state index >= 15 is 0 Å². The summed E-state index contributed by atoms with van der Waals surface area (Å²) in [5.41, 5.74) is 4.07. The van der Waals surface area contributed by atoms with Gasteiger partial charge in [0.2, 0.25) is 0 Å². The van der Waals surface area contributed by atoms with Crippen LogP contribution in [0, 0.1) is 0 Å². The first-order valence-electron chi connectivity index (χ1n) is 8.02. The number of nitrogens with zero attached hydrogens (tertiary/aromatic N) is 2. The van der Waals surface area contributed by atoms with Crippen molar-refractivity contribution in [2.75, 3.05) is 0 Å². The van der Waals surface area contributed by atoms with Crippen molar-refractivity contribution in [2.24, 2.45) is 9.98 Å². The molecule has 0 N–H and O–H groups in total. The molecule has 0 fully saturated rings. The third-order valence-corrected chi connectivity index (χ3v) is 5.01. The molecule has 2 aromatic carbocycles. The number of allylic oxidation sites excluding steroid dienone is 4. The molecule has 0 aromatic heterocycles. The van der Waals surface area contributed by atoms with Gasteiger partial charge < -0.3 is 0 Å². The SMILES string of the molecule is C/C(=N\c1ccccc1)C1=CCC=C(/C(C)=N/c2ccccc2)S1. The highest BCUT2D eigenvalue weighted by Crippen LogP contribution is 2.33. The molecule has 2 aromatic rings. The summed E-state index contributed by atoms with van der Waals surface area (Å²) >= 11 is 1.75. The fraction of sp³-hybridized carbons (Fsp3) is 0.143. The Bertz CT molecular complexity index is 746. The molecule has 1 aliphatic rings. The minimum absolute atomic E-state index is 0.918. The molecule has 24 heavy (non-hydrogen) atoms. The maximum absolute atomic E-state index is 4.72. The van der Waals surface area contributed by atoms with Crippen LogP contribution in [0.15, 0.2) is 92.6 Å². The smallest absolute Gasteiger partial charge is 0.0633 e. The Hall–Kier alpha value is -2.39. The van der Waals surface area contributed by atoms with E-state index in [1.165, 1.54) is 9.81 Å². The minimum Gasteiger partial charge on any atom is -0.253 e. The highest BCUT2D eigenvalue weighted by atomic mass is 32.2. The maximum Gasteiger partial charge on any atom is 0.0633 e. The van der Waals surface area contributed by atoms with Crippen molar-refractivity contribution in [1.82, 2.24) is 0 Å². The summed E-state index contributed by atoms with van der Waals surface area (Å²) in [6, 6.07) is 20.2. The van der Waals surface area contributed by atoms with Gasteiger partial charge in [0.15, 0.2) is 0 Å². The molecule has 0 saturated carbocycles. The van der Waals surface area contributed by atoms with Gasteiger partial charge in [-0.1, -0.05) is 60.3 Å². The predicted octanol–water partition coefficient (Wildman–Crippen LogP) is 6.48. The minimum atomic E-state index is 0.918. The Labute approximate surface area is 147 Å². The number of hydrogen-bond acceptors (Lipinski definition) is 3. The van der Waals surface area contributed by atoms with Crippen molar-refractivity contribution < 1.29 is 0 Å². The first-order chi connectivity index (χ1) is 11.7. The van der Waals surface area contributed by atoms with Gasteiger partial charge in [0, 0.05) is 9.81 Å². The molecule has 3 heteroatoms. The van der Waals surface area contributed by atoms with Crippen LogP contribution in [0.4, 0.5) is 11.4 Å². The molecule has 0 atom stereocenters. The van der Waals surface area contributed by atoms with E-state index in [9.17, 15) is 0 Å². The summed E-state index contributed by atoms with van der Waals surface area (Å²) in [5.74, 6) is 0. The molecule has 0 saturated heterocycles. The average molecular weight is 332 g/mol. The molecule has 3 rings (SSSR count). The lowest BCUT2D eigenvalue weighted by Gasteiger charge is -2.14. The Kier molecular flexibility index (Phi) is 5.44. The topological polar surface area (TPSA) is 24.7 Å². The van der Waals surface area contributed by atoms with Crippen molar-refractivity contribution >= 4 is 34.6 Å². The maximum atomic E-state index is 4.72. The molecule has 2 nitrogen and oxygen atoms in total. The fourth-order valence-electron chi connectivity index (χ4n) is 2.42. The second-order valence-electron chi connectivity index (χ2n) is 5.54. The zero-order valence-corrected chi connectivity index (χ0v) is 14.8. The summed E-state index contributed by atoms with van der Waals surface area (Å²) in [7, 11) is 0. The van der Waals surface area contributed by atoms with Gasteiger partial charge in [-0.2, -0.15) is 0 Å². The summed E-state index contributed by atoms with van der Waals surface area (Å²) in [5, 5.41) is 0. The van der Waals surface area contributed by atoms with Gasteiger partial charge in [0.05, 0.1) is 22.8 Å². The quantitative estimate of drug-likeness (QED) is 0.588. The molecule has 1 aliphatic heterocycles. The van der Waals surface area contributed by atoms with Crippen molar-refractivity contribution in [3.05, 3.63) is 82.6 Å². The molecular weight excluding hydrogens is 312 g/mol. The number of aliphatic imine (C=N–C) groups is 2. The molecule has 0 amide bonds. The number of benzene rings is 2. The molecular formula is C21H20N2S. The Balaban J connectivity index is 1.75. The zero-order chi connectivity index (χ0) is 16.8. The molecule has 0 radical (unpaired) electrons. The van der Waals surface area contributed by atoms with Gasteiger partial charge >= 0.3 is 0 Å². The molecule has 0 bridgehead atoms. The highest BCUT2D eigenvalue weighted by Gasteiger charge is 2.13. The predicted molar refractivity (Wildman–Crippen MR) is 107 cm³/mol. The van der Waals surface area contributed by atoms with E-state index in [1.807, 2.05) is 60.7 Å². The lowest BCUT2D eigenvalue weighted by atomic mass is 10.2. The van der Waals surface area contributed by atoms with E-state index < -0.39 is 0 Å². The van der Waals surface area contributed by atoms with E-state index in [-0.39, 0.29) is 0 Å². The number of rotatable bonds is 4. The molecule has 120 valence electrons. The van der Waals surface area contributed by atoms with E-state index in [0.29, 0.717) is 0 Å². The number of hydrogen-bond donors (Lipinski definition) is 0. The van der Waals surface area contributed by atoms with Gasteiger partial charge in [-0.15, -0.1) is 0 Å². The number of para-hydroxylation sites is 2. The summed E-state index contributed by atoms with van der Waals surface area (Å²) in [6.45, 7) is 4.14. The van der Waals surface area contributed by atoms with Crippen LogP contribution in [0.1, 0.15) is 20.3 Å². The lowest BCUT2D eigenvalue weighted by Crippen LogP contribution is -2.02. The van der Waals surface area contributed by atoms with Crippen LogP contribution < -0.4 is 0 Å². The zero-order valence-electron chi connectivity index (χ0n) is 13.9.